The molecule has 0 amide bonds. The molecule has 0 saturated carbocycles. The third-order valence-corrected chi connectivity index (χ3v) is 3.74. The number of nitrogens with two attached hydrogens (primary N) is 1. The highest BCUT2D eigenvalue weighted by Gasteiger charge is 2.21. The summed E-state index contributed by atoms with van der Waals surface area (Å²) in [5, 5.41) is 1.71. The van der Waals surface area contributed by atoms with E-state index in [1.807, 2.05) is 24.3 Å². The van der Waals surface area contributed by atoms with Crippen LogP contribution in [-0.4, -0.2) is 24.6 Å². The topological polar surface area (TPSA) is 62.1 Å². The van der Waals surface area contributed by atoms with Crippen LogP contribution in [-0.2, 0) is 0 Å². The highest BCUT2D eigenvalue weighted by Crippen LogP contribution is 2.22. The van der Waals surface area contributed by atoms with Crippen LogP contribution in [0.4, 0.5) is 5.82 Å². The maximum atomic E-state index is 12.2. The van der Waals surface area contributed by atoms with Crippen molar-refractivity contribution in [1.82, 2.24) is 4.98 Å². The molecule has 0 atom stereocenters. The van der Waals surface area contributed by atoms with Gasteiger partial charge in [-0.15, -0.1) is 0 Å². The van der Waals surface area contributed by atoms with Crippen LogP contribution in [0.15, 0.2) is 35.1 Å². The summed E-state index contributed by atoms with van der Waals surface area (Å²) in [5.41, 5.74) is 5.83. The van der Waals surface area contributed by atoms with Gasteiger partial charge < -0.3 is 15.6 Å². The molecule has 0 saturated heterocycles. The van der Waals surface area contributed by atoms with E-state index >= 15 is 0 Å². The van der Waals surface area contributed by atoms with Gasteiger partial charge >= 0.3 is 0 Å². The Morgan fingerprint density at radius 3 is 2.67 bits per heavy atom. The number of nitrogens with zero attached hydrogens (tertiary/aromatic N) is 1. The molecule has 1 heterocycles. The molecule has 1 aromatic carbocycles. The molecule has 0 unspecified atom stereocenters. The van der Waals surface area contributed by atoms with Crippen molar-refractivity contribution in [3.63, 3.8) is 0 Å². The molecule has 114 valence electrons. The molecular weight excluding hydrogens is 262 g/mol. The Labute approximate surface area is 126 Å². The van der Waals surface area contributed by atoms with Crippen molar-refractivity contribution in [1.29, 1.82) is 0 Å². The van der Waals surface area contributed by atoms with E-state index in [2.05, 4.69) is 36.7 Å². The number of fused-ring (bicyclic) bond motifs is 1. The van der Waals surface area contributed by atoms with E-state index in [1.165, 1.54) is 0 Å². The van der Waals surface area contributed by atoms with Crippen LogP contribution in [0.25, 0.3) is 10.8 Å². The molecule has 2 aromatic rings. The smallest absolute Gasteiger partial charge is 0.257 e. The van der Waals surface area contributed by atoms with Crippen LogP contribution >= 0.6 is 0 Å². The lowest BCUT2D eigenvalue weighted by atomic mass is 9.93. The average Bonchev–Trinajstić information content (AvgIpc) is 2.46. The predicted octanol–water partition coefficient (Wildman–Crippen LogP) is 2.73. The minimum absolute atomic E-state index is 0.0116. The molecule has 0 bridgehead atoms. The van der Waals surface area contributed by atoms with Crippen molar-refractivity contribution in [2.45, 2.75) is 27.2 Å². The Bertz CT molecular complexity index is 660. The number of benzene rings is 1. The van der Waals surface area contributed by atoms with Crippen molar-refractivity contribution in [2.24, 2.45) is 11.1 Å². The zero-order valence-electron chi connectivity index (χ0n) is 13.1. The van der Waals surface area contributed by atoms with Crippen molar-refractivity contribution in [3.8, 4) is 0 Å². The first kappa shape index (κ1) is 15.6. The van der Waals surface area contributed by atoms with Crippen molar-refractivity contribution in [2.75, 3.05) is 24.5 Å². The Morgan fingerprint density at radius 2 is 2.00 bits per heavy atom. The molecule has 3 N–H and O–H groups in total. The molecule has 0 spiro atoms. The lowest BCUT2D eigenvalue weighted by Gasteiger charge is -2.33. The zero-order chi connectivity index (χ0) is 15.5. The third-order valence-electron chi connectivity index (χ3n) is 3.74. The van der Waals surface area contributed by atoms with E-state index in [0.29, 0.717) is 6.54 Å². The second-order valence-corrected chi connectivity index (χ2v) is 6.36. The van der Waals surface area contributed by atoms with Crippen LogP contribution in [0, 0.1) is 5.41 Å². The number of aromatic amines is 1. The zero-order valence-corrected chi connectivity index (χ0v) is 13.1. The van der Waals surface area contributed by atoms with Gasteiger partial charge in [0.05, 0.1) is 0 Å². The number of anilines is 1. The predicted molar refractivity (Wildman–Crippen MR) is 89.9 cm³/mol. The lowest BCUT2D eigenvalue weighted by molar-refractivity contribution is 0.376. The minimum atomic E-state index is -0.0326. The molecule has 4 heteroatoms. The molecule has 1 aromatic heterocycles. The molecule has 4 nitrogen and oxygen atoms in total. The van der Waals surface area contributed by atoms with Gasteiger partial charge in [-0.2, -0.15) is 0 Å². The van der Waals surface area contributed by atoms with Crippen molar-refractivity contribution >= 4 is 16.6 Å². The number of H-pyrrole nitrogens is 1. The fourth-order valence-electron chi connectivity index (χ4n) is 2.50. The monoisotopic (exact) mass is 287 g/mol. The molecule has 0 fully saturated rings. The Hall–Kier alpha value is -1.81. The number of hydrogen-bond donors (Lipinski definition) is 2. The maximum Gasteiger partial charge on any atom is 0.257 e. The summed E-state index contributed by atoms with van der Waals surface area (Å²) in [6, 6.07) is 9.73. The van der Waals surface area contributed by atoms with E-state index in [9.17, 15) is 4.79 Å². The molecule has 0 aliphatic heterocycles. The molecule has 0 aliphatic rings. The summed E-state index contributed by atoms with van der Waals surface area (Å²) in [6.07, 6.45) is 1.02. The van der Waals surface area contributed by atoms with E-state index in [-0.39, 0.29) is 11.0 Å². The number of nitrogens with one attached hydrogen (secondary N) is 1. The summed E-state index contributed by atoms with van der Waals surface area (Å²) < 4.78 is 0. The van der Waals surface area contributed by atoms with E-state index < -0.39 is 0 Å². The largest absolute Gasteiger partial charge is 0.358 e. The second kappa shape index (κ2) is 6.31. The summed E-state index contributed by atoms with van der Waals surface area (Å²) in [6.45, 7) is 8.78. The molecule has 2 rings (SSSR count). The highest BCUT2D eigenvalue weighted by molar-refractivity contribution is 5.83. The lowest BCUT2D eigenvalue weighted by Crippen LogP contribution is -2.40. The summed E-state index contributed by atoms with van der Waals surface area (Å²) in [7, 11) is 0. The van der Waals surface area contributed by atoms with Crippen molar-refractivity contribution in [3.05, 3.63) is 40.7 Å². The van der Waals surface area contributed by atoms with E-state index in [0.717, 1.165) is 36.1 Å². The van der Waals surface area contributed by atoms with Crippen LogP contribution in [0.3, 0.4) is 0 Å². The van der Waals surface area contributed by atoms with Gasteiger partial charge in [-0.1, -0.05) is 39.0 Å². The first-order chi connectivity index (χ1) is 9.96. The fourth-order valence-corrected chi connectivity index (χ4v) is 2.50. The quantitative estimate of drug-likeness (QED) is 0.858. The Balaban J connectivity index is 2.43. The van der Waals surface area contributed by atoms with Gasteiger partial charge in [0.25, 0.3) is 5.56 Å². The van der Waals surface area contributed by atoms with Gasteiger partial charge in [0.2, 0.25) is 0 Å². The molecular formula is C17H25N3O. The van der Waals surface area contributed by atoms with Gasteiger partial charge in [-0.25, -0.2) is 0 Å². The summed E-state index contributed by atoms with van der Waals surface area (Å²) in [4.78, 5) is 17.5. The van der Waals surface area contributed by atoms with E-state index in [4.69, 9.17) is 5.73 Å². The number of rotatable bonds is 6. The summed E-state index contributed by atoms with van der Waals surface area (Å²) >= 11 is 0. The summed E-state index contributed by atoms with van der Waals surface area (Å²) in [5.74, 6) is 0.877. The molecule has 0 aliphatic carbocycles. The number of hydrogen-bond acceptors (Lipinski definition) is 3. The second-order valence-electron chi connectivity index (χ2n) is 6.36. The third kappa shape index (κ3) is 3.64. The van der Waals surface area contributed by atoms with Gasteiger partial charge in [0.15, 0.2) is 0 Å². The van der Waals surface area contributed by atoms with Gasteiger partial charge in [-0.3, -0.25) is 4.79 Å². The van der Waals surface area contributed by atoms with Crippen molar-refractivity contribution < 1.29 is 0 Å². The standard InChI is InChI=1S/C17H25N3O/c1-4-9-20(12-17(2,3)11-18)15-10-13-7-5-6-8-14(13)16(21)19-15/h5-8,10H,4,9,11-12,18H2,1-3H3,(H,19,21). The Kier molecular flexibility index (Phi) is 4.68. The fraction of sp³-hybridized carbons (Fsp3) is 0.471. The first-order valence-corrected chi connectivity index (χ1v) is 7.54. The Morgan fingerprint density at radius 1 is 1.29 bits per heavy atom. The molecule has 0 radical (unpaired) electrons. The van der Waals surface area contributed by atoms with E-state index in [1.54, 1.807) is 0 Å². The maximum absolute atomic E-state index is 12.2. The SMILES string of the molecule is CCCN(CC(C)(C)CN)c1cc2ccccc2c(=O)[nH]1. The van der Waals surface area contributed by atoms with Crippen LogP contribution in [0.2, 0.25) is 0 Å². The normalized spacial score (nSPS) is 11.8. The first-order valence-electron chi connectivity index (χ1n) is 7.54. The van der Waals surface area contributed by atoms with Gasteiger partial charge in [0, 0.05) is 18.5 Å². The van der Waals surface area contributed by atoms with Gasteiger partial charge in [-0.05, 0) is 35.9 Å². The van der Waals surface area contributed by atoms with Crippen LogP contribution < -0.4 is 16.2 Å². The van der Waals surface area contributed by atoms with Crippen LogP contribution in [0.5, 0.6) is 0 Å². The van der Waals surface area contributed by atoms with Crippen LogP contribution in [0.1, 0.15) is 27.2 Å². The number of pyridine rings is 1. The molecule has 21 heavy (non-hydrogen) atoms. The average molecular weight is 287 g/mol. The highest BCUT2D eigenvalue weighted by atomic mass is 16.1. The van der Waals surface area contributed by atoms with Gasteiger partial charge in [0.1, 0.15) is 5.82 Å². The number of aromatic nitrogens is 1. The minimum Gasteiger partial charge on any atom is -0.358 e.